The van der Waals surface area contributed by atoms with Gasteiger partial charge in [-0.3, -0.25) is 20.1 Å². The van der Waals surface area contributed by atoms with E-state index in [1.165, 1.54) is 0 Å². The molecule has 1 unspecified atom stereocenters. The molecular formula is C6H10N4O7. The number of hydroxylamine groups is 4. The molecule has 1 atom stereocenters. The summed E-state index contributed by atoms with van der Waals surface area (Å²) in [4.78, 5) is 33.8. The lowest BCUT2D eigenvalue weighted by molar-refractivity contribution is -0.157. The summed E-state index contributed by atoms with van der Waals surface area (Å²) >= 11 is 0. The molecule has 1 aliphatic rings. The van der Waals surface area contributed by atoms with Gasteiger partial charge in [0, 0.05) is 0 Å². The second-order valence-electron chi connectivity index (χ2n) is 2.90. The van der Waals surface area contributed by atoms with Crippen LogP contribution in [0.15, 0.2) is 0 Å². The molecule has 1 aliphatic heterocycles. The second kappa shape index (κ2) is 4.92. The Bertz CT molecular complexity index is 347. The molecule has 0 aromatic rings. The molecule has 0 bridgehead atoms. The van der Waals surface area contributed by atoms with Crippen LogP contribution in [-0.2, 0) is 4.79 Å². The van der Waals surface area contributed by atoms with Gasteiger partial charge in [0.15, 0.2) is 0 Å². The number of imide groups is 1. The maximum atomic E-state index is 11.3. The van der Waals surface area contributed by atoms with Crippen molar-refractivity contribution in [2.24, 2.45) is 0 Å². The minimum absolute atomic E-state index is 0.227. The maximum Gasteiger partial charge on any atom is 0.377 e. The normalized spacial score (nSPS) is 19.9. The SMILES string of the molecule is O=C1C(N(CO)C(=O)NCO)N(O)C(=O)N1O. The Kier molecular flexibility index (Phi) is 3.80. The molecule has 17 heavy (non-hydrogen) atoms. The molecule has 11 nitrogen and oxygen atoms in total. The van der Waals surface area contributed by atoms with Crippen molar-refractivity contribution < 1.29 is 35.0 Å². The Morgan fingerprint density at radius 2 is 1.94 bits per heavy atom. The van der Waals surface area contributed by atoms with Gasteiger partial charge in [0.1, 0.15) is 13.5 Å². The molecule has 0 spiro atoms. The zero-order valence-corrected chi connectivity index (χ0v) is 8.35. The van der Waals surface area contributed by atoms with E-state index in [0.717, 1.165) is 0 Å². The summed E-state index contributed by atoms with van der Waals surface area (Å²) in [5.74, 6) is -1.32. The lowest BCUT2D eigenvalue weighted by Crippen LogP contribution is -2.54. The van der Waals surface area contributed by atoms with Crippen molar-refractivity contribution in [3.8, 4) is 0 Å². The Hall–Kier alpha value is -1.95. The molecule has 96 valence electrons. The monoisotopic (exact) mass is 250 g/mol. The van der Waals surface area contributed by atoms with Crippen LogP contribution in [0.3, 0.4) is 0 Å². The smallest absolute Gasteiger partial charge is 0.376 e. The number of amides is 5. The minimum atomic E-state index is -1.90. The zero-order chi connectivity index (χ0) is 13.2. The Morgan fingerprint density at radius 1 is 1.35 bits per heavy atom. The highest BCUT2D eigenvalue weighted by Gasteiger charge is 2.49. The molecule has 0 aliphatic carbocycles. The van der Waals surface area contributed by atoms with E-state index in [9.17, 15) is 19.6 Å². The molecule has 1 heterocycles. The van der Waals surface area contributed by atoms with E-state index >= 15 is 0 Å². The number of urea groups is 2. The summed E-state index contributed by atoms with van der Waals surface area (Å²) in [6.07, 6.45) is -1.90. The lowest BCUT2D eigenvalue weighted by Gasteiger charge is -2.26. The Morgan fingerprint density at radius 3 is 2.29 bits per heavy atom. The van der Waals surface area contributed by atoms with Gasteiger partial charge in [-0.25, -0.2) is 9.59 Å². The van der Waals surface area contributed by atoms with Gasteiger partial charge < -0.3 is 15.5 Å². The highest BCUT2D eigenvalue weighted by Crippen LogP contribution is 2.16. The molecular weight excluding hydrogens is 240 g/mol. The first kappa shape index (κ1) is 13.1. The van der Waals surface area contributed by atoms with Gasteiger partial charge in [0.25, 0.3) is 0 Å². The van der Waals surface area contributed by atoms with Crippen molar-refractivity contribution in [2.75, 3.05) is 13.5 Å². The lowest BCUT2D eigenvalue weighted by atomic mass is 10.4. The van der Waals surface area contributed by atoms with E-state index < -0.39 is 42.7 Å². The van der Waals surface area contributed by atoms with E-state index in [1.54, 1.807) is 0 Å². The topological polar surface area (TPSA) is 154 Å². The molecule has 0 aromatic carbocycles. The Balaban J connectivity index is 2.93. The number of carbonyl (C=O) groups is 3. The van der Waals surface area contributed by atoms with Gasteiger partial charge in [-0.05, 0) is 0 Å². The number of carbonyl (C=O) groups excluding carboxylic acids is 3. The molecule has 0 aromatic heterocycles. The zero-order valence-electron chi connectivity index (χ0n) is 8.35. The first-order valence-corrected chi connectivity index (χ1v) is 4.26. The van der Waals surface area contributed by atoms with Crippen molar-refractivity contribution in [3.63, 3.8) is 0 Å². The largest absolute Gasteiger partial charge is 0.377 e. The van der Waals surface area contributed by atoms with Crippen LogP contribution in [0.4, 0.5) is 9.59 Å². The number of aliphatic hydroxyl groups is 2. The average molecular weight is 250 g/mol. The van der Waals surface area contributed by atoms with Crippen LogP contribution in [0.5, 0.6) is 0 Å². The summed E-state index contributed by atoms with van der Waals surface area (Å²) in [6, 6.07) is -2.58. The van der Waals surface area contributed by atoms with Crippen LogP contribution in [0, 0.1) is 0 Å². The molecule has 5 amide bonds. The number of nitrogens with one attached hydrogen (secondary N) is 1. The van der Waals surface area contributed by atoms with Gasteiger partial charge in [-0.2, -0.15) is 5.06 Å². The third-order valence-electron chi connectivity index (χ3n) is 1.98. The van der Waals surface area contributed by atoms with E-state index in [2.05, 4.69) is 0 Å². The summed E-state index contributed by atoms with van der Waals surface area (Å²) < 4.78 is 0. The van der Waals surface area contributed by atoms with Crippen molar-refractivity contribution >= 4 is 18.0 Å². The van der Waals surface area contributed by atoms with Crippen LogP contribution in [0.2, 0.25) is 0 Å². The van der Waals surface area contributed by atoms with Crippen LogP contribution >= 0.6 is 0 Å². The van der Waals surface area contributed by atoms with E-state index in [-0.39, 0.29) is 5.06 Å². The number of aliphatic hydroxyl groups excluding tert-OH is 2. The van der Waals surface area contributed by atoms with E-state index in [4.69, 9.17) is 15.4 Å². The predicted octanol–water partition coefficient (Wildman–Crippen LogP) is -2.73. The summed E-state index contributed by atoms with van der Waals surface area (Å²) in [6.45, 7) is -1.81. The standard InChI is InChI=1S/C6H10N4O7/c11-1-7-5(14)8(2-12)3-4(13)10(17)6(15)9(3)16/h3,11-12,16-17H,1-2H2,(H,7,14). The number of nitrogens with zero attached hydrogens (tertiary/aromatic N) is 3. The molecule has 1 saturated heterocycles. The fourth-order valence-corrected chi connectivity index (χ4v) is 1.20. The quantitative estimate of drug-likeness (QED) is 0.207. The van der Waals surface area contributed by atoms with Crippen molar-refractivity contribution in [1.29, 1.82) is 0 Å². The molecule has 1 fully saturated rings. The second-order valence-corrected chi connectivity index (χ2v) is 2.90. The van der Waals surface area contributed by atoms with Crippen LogP contribution in [-0.4, -0.2) is 73.3 Å². The third-order valence-corrected chi connectivity index (χ3v) is 1.98. The fraction of sp³-hybridized carbons (Fsp3) is 0.500. The van der Waals surface area contributed by atoms with Gasteiger partial charge in [0.2, 0.25) is 6.17 Å². The summed E-state index contributed by atoms with van der Waals surface area (Å²) in [5.41, 5.74) is 0. The third kappa shape index (κ3) is 2.12. The molecule has 1 rings (SSSR count). The molecule has 0 radical (unpaired) electrons. The molecule has 11 heteroatoms. The van der Waals surface area contributed by atoms with Gasteiger partial charge in [-0.15, -0.1) is 5.06 Å². The van der Waals surface area contributed by atoms with Crippen molar-refractivity contribution in [2.45, 2.75) is 6.17 Å². The van der Waals surface area contributed by atoms with Crippen LogP contribution in [0.1, 0.15) is 0 Å². The van der Waals surface area contributed by atoms with E-state index in [1.807, 2.05) is 5.32 Å². The highest BCUT2D eigenvalue weighted by atomic mass is 16.6. The van der Waals surface area contributed by atoms with Gasteiger partial charge in [0.05, 0.1) is 0 Å². The maximum absolute atomic E-state index is 11.3. The van der Waals surface area contributed by atoms with Crippen molar-refractivity contribution in [3.05, 3.63) is 0 Å². The first-order valence-electron chi connectivity index (χ1n) is 4.26. The summed E-state index contributed by atoms with van der Waals surface area (Å²) in [5, 5.41) is 36.6. The average Bonchev–Trinajstić information content (AvgIpc) is 2.48. The Labute approximate surface area is 94.0 Å². The predicted molar refractivity (Wildman–Crippen MR) is 46.0 cm³/mol. The van der Waals surface area contributed by atoms with Gasteiger partial charge >= 0.3 is 18.0 Å². The van der Waals surface area contributed by atoms with Gasteiger partial charge in [-0.1, -0.05) is 0 Å². The number of rotatable bonds is 3. The fourth-order valence-electron chi connectivity index (χ4n) is 1.20. The first-order chi connectivity index (χ1) is 7.95. The number of hydrogen-bond donors (Lipinski definition) is 5. The minimum Gasteiger partial charge on any atom is -0.376 e. The molecule has 0 saturated carbocycles. The number of hydrogen-bond acceptors (Lipinski definition) is 7. The molecule has 5 N–H and O–H groups in total. The summed E-state index contributed by atoms with van der Waals surface area (Å²) in [7, 11) is 0. The van der Waals surface area contributed by atoms with Crippen LogP contribution < -0.4 is 5.32 Å². The van der Waals surface area contributed by atoms with Crippen molar-refractivity contribution in [1.82, 2.24) is 20.3 Å². The highest BCUT2D eigenvalue weighted by molar-refractivity contribution is 6.03. The van der Waals surface area contributed by atoms with E-state index in [0.29, 0.717) is 4.90 Å². The van der Waals surface area contributed by atoms with Crippen LogP contribution in [0.25, 0.3) is 0 Å².